The van der Waals surface area contributed by atoms with Gasteiger partial charge in [0.25, 0.3) is 11.8 Å². The van der Waals surface area contributed by atoms with Crippen LogP contribution in [0.25, 0.3) is 6.08 Å². The number of methoxy groups -OCH3 is 2. The summed E-state index contributed by atoms with van der Waals surface area (Å²) in [4.78, 5) is 23.8. The fourth-order valence-electron chi connectivity index (χ4n) is 2.07. The van der Waals surface area contributed by atoms with Gasteiger partial charge in [-0.05, 0) is 30.3 Å². The van der Waals surface area contributed by atoms with Crippen molar-refractivity contribution >= 4 is 29.5 Å². The minimum absolute atomic E-state index is 0.339. The van der Waals surface area contributed by atoms with Crippen molar-refractivity contribution in [2.45, 2.75) is 0 Å². The molecule has 0 aromatic heterocycles. The lowest BCUT2D eigenvalue weighted by Crippen LogP contribution is -2.40. The van der Waals surface area contributed by atoms with Crippen LogP contribution in [0.1, 0.15) is 15.9 Å². The fraction of sp³-hybridized carbons (Fsp3) is 0.111. The fourth-order valence-corrected chi connectivity index (χ4v) is 2.26. The first-order chi connectivity index (χ1) is 12.0. The number of hydrogen-bond acceptors (Lipinski definition) is 4. The minimum atomic E-state index is -0.500. The highest BCUT2D eigenvalue weighted by Crippen LogP contribution is 2.31. The minimum Gasteiger partial charge on any atom is -0.493 e. The molecule has 25 heavy (non-hydrogen) atoms. The smallest absolute Gasteiger partial charge is 0.269 e. The predicted octanol–water partition coefficient (Wildman–Crippen LogP) is 2.83. The number of carbonyl (C=O) groups excluding carboxylic acids is 2. The first-order valence-corrected chi connectivity index (χ1v) is 7.68. The first kappa shape index (κ1) is 18.4. The van der Waals surface area contributed by atoms with Crippen LogP contribution < -0.4 is 20.3 Å². The van der Waals surface area contributed by atoms with Crippen molar-refractivity contribution in [3.63, 3.8) is 0 Å². The van der Waals surface area contributed by atoms with Gasteiger partial charge >= 0.3 is 0 Å². The van der Waals surface area contributed by atoms with E-state index in [0.717, 1.165) is 0 Å². The number of hydrogen-bond donors (Lipinski definition) is 2. The summed E-state index contributed by atoms with van der Waals surface area (Å²) < 4.78 is 10.5. The summed E-state index contributed by atoms with van der Waals surface area (Å²) in [5.41, 5.74) is 5.61. The number of carbonyl (C=O) groups is 2. The van der Waals surface area contributed by atoms with E-state index in [0.29, 0.717) is 27.6 Å². The number of hydrazine groups is 1. The second-order valence-electron chi connectivity index (χ2n) is 4.87. The van der Waals surface area contributed by atoms with Crippen LogP contribution in [0.2, 0.25) is 5.02 Å². The Hall–Kier alpha value is -2.99. The first-order valence-electron chi connectivity index (χ1n) is 7.30. The Morgan fingerprint density at radius 3 is 2.48 bits per heavy atom. The molecule has 0 spiro atoms. The molecule has 0 unspecified atom stereocenters. The number of para-hydroxylation sites is 1. The van der Waals surface area contributed by atoms with Crippen LogP contribution in [-0.4, -0.2) is 26.0 Å². The van der Waals surface area contributed by atoms with Gasteiger partial charge in [0.2, 0.25) is 0 Å². The van der Waals surface area contributed by atoms with Gasteiger partial charge in [-0.3, -0.25) is 20.4 Å². The molecule has 2 amide bonds. The lowest BCUT2D eigenvalue weighted by molar-refractivity contribution is -0.117. The van der Waals surface area contributed by atoms with Crippen molar-refractivity contribution in [2.75, 3.05) is 14.2 Å². The van der Waals surface area contributed by atoms with Crippen LogP contribution >= 0.6 is 11.6 Å². The summed E-state index contributed by atoms with van der Waals surface area (Å²) in [7, 11) is 3.05. The molecule has 0 aliphatic heterocycles. The number of benzene rings is 2. The summed E-state index contributed by atoms with van der Waals surface area (Å²) >= 11 is 5.82. The van der Waals surface area contributed by atoms with Crippen molar-refractivity contribution in [3.8, 4) is 11.5 Å². The summed E-state index contributed by atoms with van der Waals surface area (Å²) in [5.74, 6) is 0.0970. The molecule has 0 bridgehead atoms. The van der Waals surface area contributed by atoms with E-state index in [-0.39, 0.29) is 0 Å². The summed E-state index contributed by atoms with van der Waals surface area (Å²) in [6.45, 7) is 0. The van der Waals surface area contributed by atoms with Gasteiger partial charge in [0, 0.05) is 22.2 Å². The Morgan fingerprint density at radius 2 is 1.80 bits per heavy atom. The van der Waals surface area contributed by atoms with E-state index in [2.05, 4.69) is 10.9 Å². The maximum absolute atomic E-state index is 11.9. The Labute approximate surface area is 150 Å². The van der Waals surface area contributed by atoms with Crippen molar-refractivity contribution in [1.29, 1.82) is 0 Å². The van der Waals surface area contributed by atoms with Crippen LogP contribution in [0.15, 0.2) is 48.5 Å². The zero-order valence-corrected chi connectivity index (χ0v) is 14.5. The maximum atomic E-state index is 11.9. The van der Waals surface area contributed by atoms with Crippen LogP contribution in [0.4, 0.5) is 0 Å². The molecule has 130 valence electrons. The van der Waals surface area contributed by atoms with Gasteiger partial charge in [0.05, 0.1) is 14.2 Å². The number of ether oxygens (including phenoxy) is 2. The topological polar surface area (TPSA) is 76.7 Å². The van der Waals surface area contributed by atoms with E-state index in [1.165, 1.54) is 26.4 Å². The van der Waals surface area contributed by atoms with Crippen LogP contribution in [0.5, 0.6) is 11.5 Å². The summed E-state index contributed by atoms with van der Waals surface area (Å²) in [6, 6.07) is 11.7. The van der Waals surface area contributed by atoms with Crippen molar-refractivity contribution in [3.05, 3.63) is 64.7 Å². The molecule has 0 fully saturated rings. The number of halogens is 1. The molecule has 0 aliphatic carbocycles. The number of amides is 2. The molecule has 0 heterocycles. The molecule has 0 saturated heterocycles. The lowest BCUT2D eigenvalue weighted by Gasteiger charge is -2.10. The maximum Gasteiger partial charge on any atom is 0.269 e. The van der Waals surface area contributed by atoms with Crippen LogP contribution in [0.3, 0.4) is 0 Å². The monoisotopic (exact) mass is 360 g/mol. The van der Waals surface area contributed by atoms with E-state index >= 15 is 0 Å². The zero-order valence-electron chi connectivity index (χ0n) is 13.7. The van der Waals surface area contributed by atoms with E-state index in [4.69, 9.17) is 21.1 Å². The van der Waals surface area contributed by atoms with Gasteiger partial charge in [-0.1, -0.05) is 29.8 Å². The molecule has 0 radical (unpaired) electrons. The standard InChI is InChI=1S/C18H17ClN2O4/c1-24-15-8-4-5-12(17(15)25-2)9-10-16(22)20-21-18(23)13-6-3-7-14(19)11-13/h3-11H,1-2H3,(H,20,22)(H,21,23)/b10-9+. The average Bonchev–Trinajstić information content (AvgIpc) is 2.63. The Morgan fingerprint density at radius 1 is 1.04 bits per heavy atom. The molecule has 0 aliphatic rings. The molecular weight excluding hydrogens is 344 g/mol. The average molecular weight is 361 g/mol. The summed E-state index contributed by atoms with van der Waals surface area (Å²) in [6.07, 6.45) is 2.83. The molecule has 0 saturated carbocycles. The van der Waals surface area contributed by atoms with E-state index < -0.39 is 11.8 Å². The Balaban J connectivity index is 1.98. The highest BCUT2D eigenvalue weighted by molar-refractivity contribution is 6.30. The normalized spacial score (nSPS) is 10.4. The van der Waals surface area contributed by atoms with Crippen molar-refractivity contribution < 1.29 is 19.1 Å². The molecule has 2 aromatic carbocycles. The quantitative estimate of drug-likeness (QED) is 0.635. The zero-order chi connectivity index (χ0) is 18.2. The van der Waals surface area contributed by atoms with Gasteiger partial charge in [-0.2, -0.15) is 0 Å². The van der Waals surface area contributed by atoms with Crippen molar-refractivity contribution in [1.82, 2.24) is 10.9 Å². The van der Waals surface area contributed by atoms with E-state index in [1.807, 2.05) is 0 Å². The number of nitrogens with one attached hydrogen (secondary N) is 2. The molecule has 6 nitrogen and oxygen atoms in total. The highest BCUT2D eigenvalue weighted by Gasteiger charge is 2.08. The van der Waals surface area contributed by atoms with Gasteiger partial charge in [0.1, 0.15) is 0 Å². The van der Waals surface area contributed by atoms with Crippen molar-refractivity contribution in [2.24, 2.45) is 0 Å². The SMILES string of the molecule is COc1cccc(/C=C/C(=O)NNC(=O)c2cccc(Cl)c2)c1OC. The van der Waals surface area contributed by atoms with Gasteiger partial charge < -0.3 is 9.47 Å². The van der Waals surface area contributed by atoms with Gasteiger partial charge in [-0.15, -0.1) is 0 Å². The second kappa shape index (κ2) is 8.75. The molecule has 2 N–H and O–H groups in total. The Kier molecular flexibility index (Phi) is 6.42. The predicted molar refractivity (Wildman–Crippen MR) is 95.6 cm³/mol. The van der Waals surface area contributed by atoms with E-state index in [1.54, 1.807) is 42.5 Å². The van der Waals surface area contributed by atoms with Gasteiger partial charge in [0.15, 0.2) is 11.5 Å². The van der Waals surface area contributed by atoms with Crippen LogP contribution in [0, 0.1) is 0 Å². The second-order valence-corrected chi connectivity index (χ2v) is 5.31. The molecule has 2 aromatic rings. The van der Waals surface area contributed by atoms with E-state index in [9.17, 15) is 9.59 Å². The molecule has 7 heteroatoms. The molecule has 2 rings (SSSR count). The molecule has 0 atom stereocenters. The van der Waals surface area contributed by atoms with Crippen LogP contribution in [-0.2, 0) is 4.79 Å². The largest absolute Gasteiger partial charge is 0.493 e. The summed E-state index contributed by atoms with van der Waals surface area (Å²) in [5, 5.41) is 0.434. The molecular formula is C18H17ClN2O4. The third kappa shape index (κ3) is 4.99. The lowest BCUT2D eigenvalue weighted by atomic mass is 10.1. The number of rotatable bonds is 5. The Bertz CT molecular complexity index is 805. The third-order valence-corrected chi connectivity index (χ3v) is 3.47. The highest BCUT2D eigenvalue weighted by atomic mass is 35.5. The third-order valence-electron chi connectivity index (χ3n) is 3.23. The van der Waals surface area contributed by atoms with Gasteiger partial charge in [-0.25, -0.2) is 0 Å².